The van der Waals surface area contributed by atoms with E-state index in [0.717, 1.165) is 0 Å². The van der Waals surface area contributed by atoms with Gasteiger partial charge in [0.05, 0.1) is 6.61 Å². The van der Waals surface area contributed by atoms with Crippen LogP contribution in [0.25, 0.3) is 11.1 Å². The van der Waals surface area contributed by atoms with Gasteiger partial charge in [-0.15, -0.1) is 13.2 Å². The van der Waals surface area contributed by atoms with Gasteiger partial charge in [-0.2, -0.15) is 0 Å². The molecular weight excluding hydrogens is 339 g/mol. The number of alkyl halides is 3. The van der Waals surface area contributed by atoms with Gasteiger partial charge in [0.1, 0.15) is 0 Å². The molecule has 5 nitrogen and oxygen atoms in total. The second kappa shape index (κ2) is 7.35. The summed E-state index contributed by atoms with van der Waals surface area (Å²) in [6.07, 6.45) is -5.27. The van der Waals surface area contributed by atoms with Crippen LogP contribution < -0.4 is 0 Å². The van der Waals surface area contributed by atoms with Crippen LogP contribution in [0.1, 0.15) is 10.4 Å². The molecule has 0 radical (unpaired) electrons. The van der Waals surface area contributed by atoms with Crippen molar-refractivity contribution < 1.29 is 33.0 Å². The molecule has 0 aliphatic carbocycles. The van der Waals surface area contributed by atoms with Crippen molar-refractivity contribution in [3.8, 4) is 11.1 Å². The highest BCUT2D eigenvalue weighted by atomic mass is 19.4. The molecule has 2 aromatic carbocycles. The first-order valence-corrected chi connectivity index (χ1v) is 7.16. The summed E-state index contributed by atoms with van der Waals surface area (Å²) in [5.41, 5.74) is 0.416. The quantitative estimate of drug-likeness (QED) is 0.811. The molecule has 0 aliphatic heterocycles. The number of benzene rings is 2. The molecule has 132 valence electrons. The van der Waals surface area contributed by atoms with Gasteiger partial charge in [-0.3, -0.25) is 4.79 Å². The van der Waals surface area contributed by atoms with E-state index in [4.69, 9.17) is 10.2 Å². The van der Waals surface area contributed by atoms with Crippen LogP contribution >= 0.6 is 0 Å². The van der Waals surface area contributed by atoms with Gasteiger partial charge >= 0.3 is 12.3 Å². The molecule has 0 fully saturated rings. The topological polar surface area (TPSA) is 77.8 Å². The smallest absolute Gasteiger partial charge is 0.480 e. The van der Waals surface area contributed by atoms with E-state index in [9.17, 15) is 22.8 Å². The molecule has 2 aromatic rings. The largest absolute Gasteiger partial charge is 0.488 e. The van der Waals surface area contributed by atoms with E-state index in [0.29, 0.717) is 5.56 Å². The summed E-state index contributed by atoms with van der Waals surface area (Å²) in [5.74, 6) is -3.50. The molecule has 0 bridgehead atoms. The van der Waals surface area contributed by atoms with Gasteiger partial charge in [0.25, 0.3) is 5.91 Å². The molecule has 8 heteroatoms. The average molecular weight is 353 g/mol. The predicted octanol–water partition coefficient (Wildman–Crippen LogP) is 2.76. The summed E-state index contributed by atoms with van der Waals surface area (Å²) in [7, 11) is 0. The van der Waals surface area contributed by atoms with Gasteiger partial charge in [0.2, 0.25) is 0 Å². The van der Waals surface area contributed by atoms with Gasteiger partial charge in [-0.05, 0) is 17.2 Å². The third kappa shape index (κ3) is 3.97. The van der Waals surface area contributed by atoms with E-state index in [1.807, 2.05) is 0 Å². The van der Waals surface area contributed by atoms with Crippen LogP contribution in [0.4, 0.5) is 13.2 Å². The molecule has 0 saturated heterocycles. The number of nitrogens with zero attached hydrogens (tertiary/aromatic N) is 1. The number of amides is 1. The summed E-state index contributed by atoms with van der Waals surface area (Å²) in [6.45, 7) is -1.37. The molecule has 0 saturated carbocycles. The second-order valence-electron chi connectivity index (χ2n) is 5.09. The van der Waals surface area contributed by atoms with Crippen molar-refractivity contribution >= 4 is 11.9 Å². The second-order valence-corrected chi connectivity index (χ2v) is 5.09. The standard InChI is InChI=1S/C17H14F3NO4/c18-17(19,20)21(14(10-22)16(24)25)15(23)13-9-5-4-8-12(13)11-6-2-1-3-7-11/h1-9,14,22H,10H2,(H,24,25). The molecule has 1 amide bonds. The Morgan fingerprint density at radius 3 is 2.08 bits per heavy atom. The Morgan fingerprint density at radius 1 is 1.00 bits per heavy atom. The van der Waals surface area contributed by atoms with E-state index in [2.05, 4.69) is 0 Å². The van der Waals surface area contributed by atoms with E-state index in [1.165, 1.54) is 18.2 Å². The molecular formula is C17H14F3NO4. The lowest BCUT2D eigenvalue weighted by atomic mass is 9.98. The molecule has 0 heterocycles. The summed E-state index contributed by atoms with van der Waals surface area (Å²) < 4.78 is 40.0. The Kier molecular flexibility index (Phi) is 5.43. The number of carbonyl (C=O) groups excluding carboxylic acids is 1. The fraction of sp³-hybridized carbons (Fsp3) is 0.176. The molecule has 0 aliphatic rings. The number of rotatable bonds is 5. The Hall–Kier alpha value is -2.87. The first-order chi connectivity index (χ1) is 11.8. The van der Waals surface area contributed by atoms with Crippen LogP contribution in [0.3, 0.4) is 0 Å². The van der Waals surface area contributed by atoms with Crippen LogP contribution in [-0.4, -0.2) is 45.9 Å². The highest BCUT2D eigenvalue weighted by Gasteiger charge is 2.48. The van der Waals surface area contributed by atoms with Crippen LogP contribution in [0.5, 0.6) is 0 Å². The monoisotopic (exact) mass is 353 g/mol. The van der Waals surface area contributed by atoms with Gasteiger partial charge in [0, 0.05) is 5.56 Å². The molecule has 1 atom stereocenters. The minimum Gasteiger partial charge on any atom is -0.480 e. The van der Waals surface area contributed by atoms with Gasteiger partial charge < -0.3 is 10.2 Å². The molecule has 25 heavy (non-hydrogen) atoms. The minimum absolute atomic E-state index is 0.226. The number of aliphatic hydroxyl groups excluding tert-OH is 1. The Labute approximate surface area is 140 Å². The number of carboxylic acids is 1. The first-order valence-electron chi connectivity index (χ1n) is 7.16. The third-order valence-corrected chi connectivity index (χ3v) is 3.50. The summed E-state index contributed by atoms with van der Waals surface area (Å²) in [4.78, 5) is 22.8. The zero-order valence-corrected chi connectivity index (χ0v) is 12.8. The van der Waals surface area contributed by atoms with E-state index < -0.39 is 35.7 Å². The van der Waals surface area contributed by atoms with Gasteiger partial charge in [0.15, 0.2) is 6.04 Å². The minimum atomic E-state index is -5.27. The van der Waals surface area contributed by atoms with Crippen molar-refractivity contribution in [2.45, 2.75) is 12.3 Å². The molecule has 0 aromatic heterocycles. The summed E-state index contributed by atoms with van der Waals surface area (Å²) in [5, 5.41) is 18.0. The number of aliphatic carboxylic acids is 1. The van der Waals surface area contributed by atoms with Crippen LogP contribution in [0.2, 0.25) is 0 Å². The fourth-order valence-electron chi connectivity index (χ4n) is 2.37. The zero-order valence-electron chi connectivity index (χ0n) is 12.8. The van der Waals surface area contributed by atoms with Crippen LogP contribution in [-0.2, 0) is 4.79 Å². The number of carbonyl (C=O) groups is 2. The third-order valence-electron chi connectivity index (χ3n) is 3.50. The van der Waals surface area contributed by atoms with E-state index in [-0.39, 0.29) is 11.1 Å². The highest BCUT2D eigenvalue weighted by Crippen LogP contribution is 2.30. The lowest BCUT2D eigenvalue weighted by molar-refractivity contribution is -0.240. The average Bonchev–Trinajstić information content (AvgIpc) is 2.58. The number of hydrogen-bond donors (Lipinski definition) is 2. The first kappa shape index (κ1) is 18.5. The lowest BCUT2D eigenvalue weighted by Gasteiger charge is -2.30. The Bertz CT molecular complexity index is 762. The van der Waals surface area contributed by atoms with Crippen LogP contribution in [0, 0.1) is 0 Å². The van der Waals surface area contributed by atoms with Gasteiger partial charge in [-0.1, -0.05) is 48.5 Å². The highest BCUT2D eigenvalue weighted by molar-refractivity contribution is 6.02. The number of hydrogen-bond acceptors (Lipinski definition) is 3. The maximum Gasteiger partial charge on any atom is 0.488 e. The molecule has 1 unspecified atom stereocenters. The predicted molar refractivity (Wildman–Crippen MR) is 82.6 cm³/mol. The normalized spacial score (nSPS) is 12.5. The summed E-state index contributed by atoms with van der Waals surface area (Å²) in [6, 6.07) is 11.4. The van der Waals surface area contributed by atoms with Crippen molar-refractivity contribution in [3.05, 3.63) is 60.2 Å². The Morgan fingerprint density at radius 2 is 1.56 bits per heavy atom. The van der Waals surface area contributed by atoms with Crippen LogP contribution in [0.15, 0.2) is 54.6 Å². The van der Waals surface area contributed by atoms with E-state index >= 15 is 0 Å². The SMILES string of the molecule is O=C(O)C(CO)N(C(=O)c1ccccc1-c1ccccc1)C(F)(F)F. The summed E-state index contributed by atoms with van der Waals surface area (Å²) >= 11 is 0. The molecule has 2 N–H and O–H groups in total. The zero-order chi connectivity index (χ0) is 18.6. The number of halogens is 3. The van der Waals surface area contributed by atoms with E-state index in [1.54, 1.807) is 36.4 Å². The van der Waals surface area contributed by atoms with Crippen molar-refractivity contribution in [1.29, 1.82) is 0 Å². The molecule has 0 spiro atoms. The maximum atomic E-state index is 13.3. The number of carboxylic acid groups (broad SMARTS) is 1. The number of aliphatic hydroxyl groups is 1. The van der Waals surface area contributed by atoms with Gasteiger partial charge in [-0.25, -0.2) is 9.69 Å². The lowest BCUT2D eigenvalue weighted by Crippen LogP contribution is -2.54. The van der Waals surface area contributed by atoms with Crippen molar-refractivity contribution in [1.82, 2.24) is 4.90 Å². The Balaban J connectivity index is 2.56. The van der Waals surface area contributed by atoms with Crippen molar-refractivity contribution in [2.24, 2.45) is 0 Å². The van der Waals surface area contributed by atoms with Crippen molar-refractivity contribution in [3.63, 3.8) is 0 Å². The molecule has 2 rings (SSSR count). The van der Waals surface area contributed by atoms with Crippen molar-refractivity contribution in [2.75, 3.05) is 6.61 Å². The fourth-order valence-corrected chi connectivity index (χ4v) is 2.37. The maximum absolute atomic E-state index is 13.3.